The summed E-state index contributed by atoms with van der Waals surface area (Å²) in [5.74, 6) is 1.78. The van der Waals surface area contributed by atoms with Crippen LogP contribution in [-0.2, 0) is 6.61 Å². The van der Waals surface area contributed by atoms with Crippen LogP contribution in [-0.4, -0.2) is 34.2 Å². The second kappa shape index (κ2) is 7.78. The first-order valence-electron chi connectivity index (χ1n) is 7.71. The monoisotopic (exact) mass is 336 g/mol. The van der Waals surface area contributed by atoms with Crippen LogP contribution in [0.1, 0.15) is 5.69 Å². The van der Waals surface area contributed by atoms with Gasteiger partial charge in [-0.3, -0.25) is 0 Å². The van der Waals surface area contributed by atoms with Crippen LogP contribution >= 0.6 is 0 Å². The van der Waals surface area contributed by atoms with E-state index in [4.69, 9.17) is 9.47 Å². The van der Waals surface area contributed by atoms with E-state index in [1.165, 1.54) is 0 Å². The normalized spacial score (nSPS) is 10.4. The maximum Gasteiger partial charge on any atom is 0.488 e. The Morgan fingerprint density at radius 2 is 1.88 bits per heavy atom. The Bertz CT molecular complexity index is 858. The second-order valence-corrected chi connectivity index (χ2v) is 5.31. The smallest absolute Gasteiger partial charge is 0.488 e. The van der Waals surface area contributed by atoms with Crippen molar-refractivity contribution in [3.8, 4) is 22.9 Å². The Morgan fingerprint density at radius 3 is 2.68 bits per heavy atom. The van der Waals surface area contributed by atoms with Crippen LogP contribution in [0.5, 0.6) is 11.5 Å². The van der Waals surface area contributed by atoms with Crippen LogP contribution in [0, 0.1) is 0 Å². The highest BCUT2D eigenvalue weighted by molar-refractivity contribution is 6.58. The molecular weight excluding hydrogens is 319 g/mol. The molecule has 126 valence electrons. The zero-order valence-electron chi connectivity index (χ0n) is 13.7. The summed E-state index contributed by atoms with van der Waals surface area (Å²) in [5.41, 5.74) is 1.87. The van der Waals surface area contributed by atoms with Crippen LogP contribution in [0.15, 0.2) is 60.8 Å². The number of hydrogen-bond acceptors (Lipinski definition) is 6. The van der Waals surface area contributed by atoms with Crippen molar-refractivity contribution in [3.05, 3.63) is 66.5 Å². The van der Waals surface area contributed by atoms with E-state index < -0.39 is 7.12 Å². The number of aromatic nitrogens is 2. The number of rotatable bonds is 6. The molecular formula is C18H17BN2O4. The lowest BCUT2D eigenvalue weighted by Gasteiger charge is -2.10. The predicted octanol–water partition coefficient (Wildman–Crippen LogP) is 1.41. The summed E-state index contributed by atoms with van der Waals surface area (Å²) in [6, 6.07) is 15.9. The standard InChI is InChI=1S/C18H17BN2O4/c1-24-17-8-3-2-7-16(17)18-20-10-9-14(21-18)12-25-15-6-4-5-13(11-15)19(22)23/h2-11,22-23H,12H2,1H3. The molecule has 0 aliphatic heterocycles. The predicted molar refractivity (Wildman–Crippen MR) is 94.6 cm³/mol. The topological polar surface area (TPSA) is 84.7 Å². The van der Waals surface area contributed by atoms with Gasteiger partial charge >= 0.3 is 7.12 Å². The molecule has 0 saturated heterocycles. The molecule has 6 nitrogen and oxygen atoms in total. The van der Waals surface area contributed by atoms with Crippen molar-refractivity contribution in [2.75, 3.05) is 7.11 Å². The third kappa shape index (κ3) is 4.15. The first-order chi connectivity index (χ1) is 12.2. The average molecular weight is 336 g/mol. The summed E-state index contributed by atoms with van der Waals surface area (Å²) in [5, 5.41) is 18.4. The van der Waals surface area contributed by atoms with Crippen LogP contribution in [0.25, 0.3) is 11.4 Å². The Labute approximate surface area is 145 Å². The Morgan fingerprint density at radius 1 is 1.04 bits per heavy atom. The van der Waals surface area contributed by atoms with Gasteiger partial charge in [-0.1, -0.05) is 24.3 Å². The van der Waals surface area contributed by atoms with Gasteiger partial charge in [-0.15, -0.1) is 0 Å². The molecule has 0 atom stereocenters. The van der Waals surface area contributed by atoms with Gasteiger partial charge in [-0.05, 0) is 35.8 Å². The fraction of sp³-hybridized carbons (Fsp3) is 0.111. The highest BCUT2D eigenvalue weighted by Crippen LogP contribution is 2.26. The summed E-state index contributed by atoms with van der Waals surface area (Å²) >= 11 is 0. The number of para-hydroxylation sites is 1. The van der Waals surface area contributed by atoms with E-state index in [9.17, 15) is 10.0 Å². The molecule has 1 heterocycles. The fourth-order valence-electron chi connectivity index (χ4n) is 2.36. The van der Waals surface area contributed by atoms with Crippen LogP contribution < -0.4 is 14.9 Å². The third-order valence-electron chi connectivity index (χ3n) is 3.60. The Balaban J connectivity index is 1.77. The van der Waals surface area contributed by atoms with E-state index in [1.807, 2.05) is 24.3 Å². The van der Waals surface area contributed by atoms with Crippen molar-refractivity contribution in [3.63, 3.8) is 0 Å². The van der Waals surface area contributed by atoms with Gasteiger partial charge in [-0.25, -0.2) is 9.97 Å². The van der Waals surface area contributed by atoms with Gasteiger partial charge in [0.05, 0.1) is 18.4 Å². The van der Waals surface area contributed by atoms with Gasteiger partial charge in [0.1, 0.15) is 18.1 Å². The van der Waals surface area contributed by atoms with E-state index in [0.29, 0.717) is 28.5 Å². The van der Waals surface area contributed by atoms with Crippen LogP contribution in [0.4, 0.5) is 0 Å². The zero-order valence-corrected chi connectivity index (χ0v) is 13.7. The SMILES string of the molecule is COc1ccccc1-c1nccc(COc2cccc(B(O)O)c2)n1. The van der Waals surface area contributed by atoms with E-state index in [0.717, 1.165) is 5.56 Å². The largest absolute Gasteiger partial charge is 0.496 e. The molecule has 0 aliphatic carbocycles. The number of benzene rings is 2. The molecule has 3 aromatic rings. The van der Waals surface area contributed by atoms with E-state index >= 15 is 0 Å². The van der Waals surface area contributed by atoms with E-state index in [1.54, 1.807) is 43.6 Å². The minimum Gasteiger partial charge on any atom is -0.496 e. The average Bonchev–Trinajstić information content (AvgIpc) is 2.67. The maximum atomic E-state index is 9.21. The molecule has 0 unspecified atom stereocenters. The van der Waals surface area contributed by atoms with Gasteiger partial charge in [0.15, 0.2) is 5.82 Å². The highest BCUT2D eigenvalue weighted by Gasteiger charge is 2.12. The van der Waals surface area contributed by atoms with Crippen LogP contribution in [0.2, 0.25) is 0 Å². The Kier molecular flexibility index (Phi) is 5.28. The van der Waals surface area contributed by atoms with Crippen molar-refractivity contribution >= 4 is 12.6 Å². The summed E-state index contributed by atoms with van der Waals surface area (Å²) < 4.78 is 11.0. The van der Waals surface area contributed by atoms with Crippen molar-refractivity contribution < 1.29 is 19.5 Å². The quantitative estimate of drug-likeness (QED) is 0.662. The molecule has 2 N–H and O–H groups in total. The minimum absolute atomic E-state index is 0.232. The molecule has 25 heavy (non-hydrogen) atoms. The molecule has 2 aromatic carbocycles. The summed E-state index contributed by atoms with van der Waals surface area (Å²) in [7, 11) is 0.0775. The fourth-order valence-corrected chi connectivity index (χ4v) is 2.36. The first-order valence-corrected chi connectivity index (χ1v) is 7.71. The number of nitrogens with zero attached hydrogens (tertiary/aromatic N) is 2. The number of ether oxygens (including phenoxy) is 2. The molecule has 0 amide bonds. The lowest BCUT2D eigenvalue weighted by molar-refractivity contribution is 0.301. The molecule has 0 spiro atoms. The molecule has 1 aromatic heterocycles. The summed E-state index contributed by atoms with van der Waals surface area (Å²) in [6.45, 7) is 0.232. The van der Waals surface area contributed by atoms with Gasteiger partial charge < -0.3 is 19.5 Å². The molecule has 0 aliphatic rings. The lowest BCUT2D eigenvalue weighted by atomic mass is 9.80. The van der Waals surface area contributed by atoms with Gasteiger partial charge in [0.2, 0.25) is 0 Å². The molecule has 0 fully saturated rings. The minimum atomic E-state index is -1.53. The van der Waals surface area contributed by atoms with Crippen molar-refractivity contribution in [2.45, 2.75) is 6.61 Å². The van der Waals surface area contributed by atoms with E-state index in [-0.39, 0.29) is 6.61 Å². The lowest BCUT2D eigenvalue weighted by Crippen LogP contribution is -2.29. The number of hydrogen-bond donors (Lipinski definition) is 2. The number of methoxy groups -OCH3 is 1. The summed E-state index contributed by atoms with van der Waals surface area (Å²) in [4.78, 5) is 8.81. The molecule has 7 heteroatoms. The van der Waals surface area contributed by atoms with Crippen molar-refractivity contribution in [1.82, 2.24) is 9.97 Å². The van der Waals surface area contributed by atoms with Gasteiger partial charge in [0, 0.05) is 6.20 Å². The molecule has 0 saturated carbocycles. The third-order valence-corrected chi connectivity index (χ3v) is 3.60. The highest BCUT2D eigenvalue weighted by atomic mass is 16.5. The second-order valence-electron chi connectivity index (χ2n) is 5.31. The maximum absolute atomic E-state index is 9.21. The van der Waals surface area contributed by atoms with Crippen molar-refractivity contribution in [1.29, 1.82) is 0 Å². The van der Waals surface area contributed by atoms with Crippen LogP contribution in [0.3, 0.4) is 0 Å². The van der Waals surface area contributed by atoms with Gasteiger partial charge in [0.25, 0.3) is 0 Å². The Hall–Kier alpha value is -2.90. The van der Waals surface area contributed by atoms with E-state index in [2.05, 4.69) is 9.97 Å². The molecule has 3 rings (SSSR count). The summed E-state index contributed by atoms with van der Waals surface area (Å²) in [6.07, 6.45) is 1.67. The van der Waals surface area contributed by atoms with Crippen molar-refractivity contribution in [2.24, 2.45) is 0 Å². The molecule has 0 bridgehead atoms. The first kappa shape index (κ1) is 16.9. The molecule has 0 radical (unpaired) electrons. The van der Waals surface area contributed by atoms with Gasteiger partial charge in [-0.2, -0.15) is 0 Å². The zero-order chi connectivity index (χ0) is 17.6.